The Balaban J connectivity index is 1.97. The van der Waals surface area contributed by atoms with E-state index < -0.39 is 0 Å². The Hall–Kier alpha value is -3.15. The lowest BCUT2D eigenvalue weighted by Crippen LogP contribution is -2.12. The second-order valence-electron chi connectivity index (χ2n) is 6.47. The van der Waals surface area contributed by atoms with Crippen LogP contribution in [0.4, 0.5) is 11.4 Å². The van der Waals surface area contributed by atoms with Crippen LogP contribution in [0.5, 0.6) is 17.2 Å². The molecule has 0 spiro atoms. The van der Waals surface area contributed by atoms with Crippen LogP contribution in [0, 0.1) is 0 Å². The van der Waals surface area contributed by atoms with Crippen LogP contribution >= 0.6 is 0 Å². The Morgan fingerprint density at radius 2 is 1.93 bits per heavy atom. The maximum atomic E-state index is 13.0. The Kier molecular flexibility index (Phi) is 5.26. The molecule has 1 aliphatic heterocycles. The van der Waals surface area contributed by atoms with Crippen molar-refractivity contribution in [2.45, 2.75) is 13.3 Å². The average molecular weight is 368 g/mol. The molecule has 6 nitrogen and oxygen atoms in total. The fraction of sp³-hybridized carbons (Fsp3) is 0.286. The zero-order chi connectivity index (χ0) is 19.6. The topological polar surface area (TPSA) is 74.0 Å². The van der Waals surface area contributed by atoms with Gasteiger partial charge in [0, 0.05) is 36.9 Å². The highest BCUT2D eigenvalue weighted by atomic mass is 16.7. The van der Waals surface area contributed by atoms with Crippen molar-refractivity contribution in [3.63, 3.8) is 0 Å². The minimum absolute atomic E-state index is 0.0609. The zero-order valence-corrected chi connectivity index (χ0v) is 16.0. The number of rotatable bonds is 6. The Morgan fingerprint density at radius 1 is 1.22 bits per heavy atom. The molecule has 0 fully saturated rings. The van der Waals surface area contributed by atoms with Crippen molar-refractivity contribution < 1.29 is 19.0 Å². The van der Waals surface area contributed by atoms with E-state index in [4.69, 9.17) is 19.9 Å². The van der Waals surface area contributed by atoms with Crippen LogP contribution in [-0.4, -0.2) is 33.8 Å². The number of ketones is 1. The lowest BCUT2D eigenvalue weighted by molar-refractivity contribution is 0.103. The normalized spacial score (nSPS) is 12.8. The number of anilines is 2. The number of fused-ring (bicyclic) bond motifs is 1. The Bertz CT molecular complexity index is 903. The number of Topliss-reactive ketones (excluding diaryl/α,β-unsaturated/α-hetero) is 1. The van der Waals surface area contributed by atoms with Gasteiger partial charge in [0.2, 0.25) is 6.79 Å². The zero-order valence-electron chi connectivity index (χ0n) is 16.0. The van der Waals surface area contributed by atoms with Crippen molar-refractivity contribution in [2.75, 3.05) is 38.6 Å². The van der Waals surface area contributed by atoms with Crippen molar-refractivity contribution in [1.29, 1.82) is 0 Å². The van der Waals surface area contributed by atoms with Gasteiger partial charge in [-0.3, -0.25) is 4.79 Å². The number of methoxy groups -OCH3 is 1. The third-order valence-electron chi connectivity index (χ3n) is 4.50. The molecule has 1 heterocycles. The minimum atomic E-state index is -0.0609. The summed E-state index contributed by atoms with van der Waals surface area (Å²) in [6, 6.07) is 8.98. The molecular weight excluding hydrogens is 344 g/mol. The van der Waals surface area contributed by atoms with Crippen molar-refractivity contribution in [2.24, 2.45) is 0 Å². The van der Waals surface area contributed by atoms with Gasteiger partial charge in [-0.2, -0.15) is 0 Å². The van der Waals surface area contributed by atoms with Gasteiger partial charge in [0.1, 0.15) is 5.75 Å². The van der Waals surface area contributed by atoms with Gasteiger partial charge in [-0.15, -0.1) is 0 Å². The monoisotopic (exact) mass is 368 g/mol. The van der Waals surface area contributed by atoms with Crippen LogP contribution in [-0.2, 0) is 0 Å². The quantitative estimate of drug-likeness (QED) is 0.476. The molecule has 1 aliphatic rings. The van der Waals surface area contributed by atoms with Crippen LogP contribution in [0.25, 0.3) is 6.08 Å². The highest BCUT2D eigenvalue weighted by Gasteiger charge is 2.19. The summed E-state index contributed by atoms with van der Waals surface area (Å²) in [7, 11) is 5.41. The predicted octanol–water partition coefficient (Wildman–Crippen LogP) is 3.75. The number of ether oxygens (including phenoxy) is 3. The van der Waals surface area contributed by atoms with Crippen LogP contribution in [0.15, 0.2) is 35.9 Å². The van der Waals surface area contributed by atoms with E-state index in [1.54, 1.807) is 25.3 Å². The smallest absolute Gasteiger partial charge is 0.231 e. The molecule has 3 rings (SSSR count). The molecular formula is C21H24N2O4. The number of carbonyl (C=O) groups is 1. The number of carbonyl (C=O) groups excluding carboxylic acids is 1. The first-order valence-electron chi connectivity index (χ1n) is 8.74. The van der Waals surface area contributed by atoms with Gasteiger partial charge in [0.05, 0.1) is 18.5 Å². The first kappa shape index (κ1) is 18.6. The molecule has 0 bridgehead atoms. The molecule has 27 heavy (non-hydrogen) atoms. The Morgan fingerprint density at radius 3 is 2.52 bits per heavy atom. The summed E-state index contributed by atoms with van der Waals surface area (Å²) in [4.78, 5) is 14.9. The molecule has 2 N–H and O–H groups in total. The number of hydrogen-bond acceptors (Lipinski definition) is 6. The first-order chi connectivity index (χ1) is 12.9. The number of allylic oxidation sites excluding steroid dienone is 1. The van der Waals surface area contributed by atoms with E-state index in [1.165, 1.54) is 0 Å². The number of benzene rings is 2. The molecule has 0 aromatic heterocycles. The van der Waals surface area contributed by atoms with E-state index in [2.05, 4.69) is 0 Å². The maximum absolute atomic E-state index is 13.0. The summed E-state index contributed by atoms with van der Waals surface area (Å²) in [5.41, 5.74) is 9.54. The minimum Gasteiger partial charge on any atom is -0.496 e. The molecule has 0 saturated heterocycles. The predicted molar refractivity (Wildman–Crippen MR) is 107 cm³/mol. The summed E-state index contributed by atoms with van der Waals surface area (Å²) in [6.45, 7) is 2.13. The molecule has 0 atom stereocenters. The SMILES string of the molecule is CC/C(=C\c1cc2c(cc1OC)OCO2)C(=O)c1ccc(N(C)C)c(N)c1. The molecule has 0 radical (unpaired) electrons. The first-order valence-corrected chi connectivity index (χ1v) is 8.74. The summed E-state index contributed by atoms with van der Waals surface area (Å²) in [5, 5.41) is 0. The third-order valence-corrected chi connectivity index (χ3v) is 4.50. The molecule has 0 aliphatic carbocycles. The number of nitrogens with zero attached hydrogens (tertiary/aromatic N) is 1. The second-order valence-corrected chi connectivity index (χ2v) is 6.47. The van der Waals surface area contributed by atoms with E-state index in [0.29, 0.717) is 40.5 Å². The highest BCUT2D eigenvalue weighted by molar-refractivity contribution is 6.12. The summed E-state index contributed by atoms with van der Waals surface area (Å²) < 4.78 is 16.3. The Labute approximate surface area is 159 Å². The van der Waals surface area contributed by atoms with E-state index in [9.17, 15) is 4.79 Å². The number of nitrogen functional groups attached to an aromatic ring is 1. The van der Waals surface area contributed by atoms with Gasteiger partial charge in [0.25, 0.3) is 0 Å². The molecule has 0 amide bonds. The van der Waals surface area contributed by atoms with Crippen molar-refractivity contribution in [3.8, 4) is 17.2 Å². The van der Waals surface area contributed by atoms with Gasteiger partial charge >= 0.3 is 0 Å². The van der Waals surface area contributed by atoms with Crippen molar-refractivity contribution >= 4 is 23.2 Å². The van der Waals surface area contributed by atoms with E-state index in [1.807, 2.05) is 44.1 Å². The van der Waals surface area contributed by atoms with Gasteiger partial charge in [-0.25, -0.2) is 0 Å². The van der Waals surface area contributed by atoms with Gasteiger partial charge in [-0.1, -0.05) is 6.92 Å². The molecule has 0 unspecified atom stereocenters. The largest absolute Gasteiger partial charge is 0.496 e. The van der Waals surface area contributed by atoms with E-state index in [-0.39, 0.29) is 12.6 Å². The molecule has 2 aromatic carbocycles. The lowest BCUT2D eigenvalue weighted by atomic mass is 9.97. The maximum Gasteiger partial charge on any atom is 0.231 e. The fourth-order valence-electron chi connectivity index (χ4n) is 3.03. The van der Waals surface area contributed by atoms with E-state index in [0.717, 1.165) is 11.3 Å². The average Bonchev–Trinajstić information content (AvgIpc) is 3.11. The van der Waals surface area contributed by atoms with Gasteiger partial charge < -0.3 is 24.8 Å². The van der Waals surface area contributed by atoms with E-state index >= 15 is 0 Å². The van der Waals surface area contributed by atoms with Crippen LogP contribution < -0.4 is 24.8 Å². The van der Waals surface area contributed by atoms with Gasteiger partial charge in [-0.05, 0) is 36.8 Å². The fourth-order valence-corrected chi connectivity index (χ4v) is 3.03. The van der Waals surface area contributed by atoms with Crippen molar-refractivity contribution in [3.05, 3.63) is 47.0 Å². The summed E-state index contributed by atoms with van der Waals surface area (Å²) in [6.07, 6.45) is 2.41. The molecule has 142 valence electrons. The molecule has 6 heteroatoms. The third kappa shape index (κ3) is 3.69. The standard InChI is InChI=1S/C21H24N2O4/c1-5-13(21(24)14-6-7-17(23(2)3)16(22)9-14)8-15-10-19-20(27-12-26-19)11-18(15)25-4/h6-11H,5,12,22H2,1-4H3/b13-8+. The summed E-state index contributed by atoms with van der Waals surface area (Å²) in [5.74, 6) is 1.85. The van der Waals surface area contributed by atoms with Gasteiger partial charge in [0.15, 0.2) is 17.3 Å². The van der Waals surface area contributed by atoms with Crippen molar-refractivity contribution in [1.82, 2.24) is 0 Å². The van der Waals surface area contributed by atoms with Crippen LogP contribution in [0.2, 0.25) is 0 Å². The number of hydrogen-bond donors (Lipinski definition) is 1. The lowest BCUT2D eigenvalue weighted by Gasteiger charge is -2.16. The summed E-state index contributed by atoms with van der Waals surface area (Å²) >= 11 is 0. The van der Waals surface area contributed by atoms with Crippen LogP contribution in [0.1, 0.15) is 29.3 Å². The number of nitrogens with two attached hydrogens (primary N) is 1. The second kappa shape index (κ2) is 7.61. The molecule has 0 saturated carbocycles. The highest BCUT2D eigenvalue weighted by Crippen LogP contribution is 2.39. The molecule has 2 aromatic rings. The van der Waals surface area contributed by atoms with Crippen LogP contribution in [0.3, 0.4) is 0 Å².